The fourth-order valence-electron chi connectivity index (χ4n) is 1.82. The number of ether oxygens (including phenoxy) is 1. The maximum atomic E-state index is 5.74. The van der Waals surface area contributed by atoms with Crippen LogP contribution in [-0.4, -0.2) is 29.7 Å². The molecule has 0 aliphatic carbocycles. The summed E-state index contributed by atoms with van der Waals surface area (Å²) < 4.78 is 5.18. The third-order valence-corrected chi connectivity index (χ3v) is 3.68. The van der Waals surface area contributed by atoms with Gasteiger partial charge in [-0.2, -0.15) is 4.98 Å². The van der Waals surface area contributed by atoms with Gasteiger partial charge in [-0.05, 0) is 19.4 Å². The first kappa shape index (κ1) is 13.0. The van der Waals surface area contributed by atoms with E-state index in [-0.39, 0.29) is 6.04 Å². The van der Waals surface area contributed by atoms with Gasteiger partial charge in [-0.15, -0.1) is 11.3 Å². The second-order valence-corrected chi connectivity index (χ2v) is 5.45. The lowest BCUT2D eigenvalue weighted by molar-refractivity contribution is 0.184. The normalized spacial score (nSPS) is 12.8. The minimum absolute atomic E-state index is 0.229. The number of aromatic nitrogens is 2. The Balaban J connectivity index is 2.36. The van der Waals surface area contributed by atoms with Crippen LogP contribution in [0.3, 0.4) is 0 Å². The van der Waals surface area contributed by atoms with Gasteiger partial charge in [0.15, 0.2) is 0 Å². The van der Waals surface area contributed by atoms with Crippen LogP contribution in [0.5, 0.6) is 0 Å². The number of nitrogens with zero attached hydrogens (tertiary/aromatic N) is 2. The summed E-state index contributed by atoms with van der Waals surface area (Å²) in [5.41, 5.74) is 5.74. The van der Waals surface area contributed by atoms with Crippen molar-refractivity contribution >= 4 is 33.3 Å². The van der Waals surface area contributed by atoms with Crippen LogP contribution < -0.4 is 11.1 Å². The van der Waals surface area contributed by atoms with Crippen molar-refractivity contribution in [2.75, 3.05) is 24.8 Å². The first-order valence-electron chi connectivity index (χ1n) is 5.93. The average Bonchev–Trinajstić information content (AvgIpc) is 2.68. The molecule has 0 saturated heterocycles. The summed E-state index contributed by atoms with van der Waals surface area (Å²) in [5.74, 6) is 1.10. The number of hydrogen-bond donors (Lipinski definition) is 2. The molecule has 5 nitrogen and oxygen atoms in total. The van der Waals surface area contributed by atoms with Crippen LogP contribution in [0.4, 0.5) is 11.8 Å². The van der Waals surface area contributed by atoms with Crippen molar-refractivity contribution in [3.63, 3.8) is 0 Å². The first-order chi connectivity index (χ1) is 8.63. The molecular formula is C12H18N4OS. The number of anilines is 2. The monoisotopic (exact) mass is 266 g/mol. The van der Waals surface area contributed by atoms with Crippen LogP contribution in [-0.2, 0) is 4.74 Å². The highest BCUT2D eigenvalue weighted by molar-refractivity contribution is 7.18. The number of thiophene rings is 1. The zero-order chi connectivity index (χ0) is 13.1. The molecule has 98 valence electrons. The molecule has 0 fully saturated rings. The molecule has 2 heterocycles. The van der Waals surface area contributed by atoms with Crippen LogP contribution in [0, 0.1) is 6.92 Å². The Morgan fingerprint density at radius 3 is 2.94 bits per heavy atom. The van der Waals surface area contributed by atoms with Gasteiger partial charge in [-0.3, -0.25) is 0 Å². The van der Waals surface area contributed by atoms with E-state index in [4.69, 9.17) is 10.5 Å². The van der Waals surface area contributed by atoms with Crippen molar-refractivity contribution in [1.82, 2.24) is 9.97 Å². The minimum atomic E-state index is 0.229. The number of fused-ring (bicyclic) bond motifs is 1. The molecule has 2 aromatic rings. The van der Waals surface area contributed by atoms with Crippen molar-refractivity contribution in [2.24, 2.45) is 0 Å². The van der Waals surface area contributed by atoms with Crippen LogP contribution in [0.15, 0.2) is 6.07 Å². The van der Waals surface area contributed by atoms with E-state index in [9.17, 15) is 0 Å². The quantitative estimate of drug-likeness (QED) is 0.869. The van der Waals surface area contributed by atoms with E-state index in [1.165, 1.54) is 4.88 Å². The maximum Gasteiger partial charge on any atom is 0.223 e. The van der Waals surface area contributed by atoms with E-state index in [0.717, 1.165) is 22.5 Å². The zero-order valence-corrected chi connectivity index (χ0v) is 11.7. The Labute approximate surface area is 110 Å². The summed E-state index contributed by atoms with van der Waals surface area (Å²) in [5, 5.41) is 4.41. The molecule has 6 heteroatoms. The highest BCUT2D eigenvalue weighted by Crippen LogP contribution is 2.29. The van der Waals surface area contributed by atoms with Crippen molar-refractivity contribution in [3.05, 3.63) is 10.9 Å². The number of nitrogens with two attached hydrogens (primary N) is 1. The number of aryl methyl sites for hydroxylation is 1. The summed E-state index contributed by atoms with van der Waals surface area (Å²) in [4.78, 5) is 10.7. The molecule has 18 heavy (non-hydrogen) atoms. The van der Waals surface area contributed by atoms with E-state index < -0.39 is 0 Å². The molecule has 0 amide bonds. The molecule has 1 unspecified atom stereocenters. The van der Waals surface area contributed by atoms with E-state index in [1.807, 2.05) is 0 Å². The smallest absolute Gasteiger partial charge is 0.223 e. The van der Waals surface area contributed by atoms with Gasteiger partial charge in [0.25, 0.3) is 0 Å². The summed E-state index contributed by atoms with van der Waals surface area (Å²) in [7, 11) is 1.70. The van der Waals surface area contributed by atoms with Crippen LogP contribution >= 0.6 is 11.3 Å². The van der Waals surface area contributed by atoms with E-state index in [2.05, 4.69) is 35.2 Å². The van der Waals surface area contributed by atoms with Gasteiger partial charge in [0.1, 0.15) is 10.6 Å². The Morgan fingerprint density at radius 2 is 2.28 bits per heavy atom. The molecule has 3 N–H and O–H groups in total. The Hall–Kier alpha value is -1.40. The Kier molecular flexibility index (Phi) is 3.98. The van der Waals surface area contributed by atoms with Crippen molar-refractivity contribution in [3.8, 4) is 0 Å². The molecule has 1 atom stereocenters. The summed E-state index contributed by atoms with van der Waals surface area (Å²) in [6, 6.07) is 2.31. The van der Waals surface area contributed by atoms with E-state index in [0.29, 0.717) is 12.6 Å². The molecule has 2 rings (SSSR count). The Bertz CT molecular complexity index is 540. The molecule has 0 aromatic carbocycles. The van der Waals surface area contributed by atoms with Gasteiger partial charge in [0, 0.05) is 12.0 Å². The molecule has 0 radical (unpaired) electrons. The number of methoxy groups -OCH3 is 1. The molecule has 2 aromatic heterocycles. The predicted molar refractivity (Wildman–Crippen MR) is 76.1 cm³/mol. The topological polar surface area (TPSA) is 73.1 Å². The second kappa shape index (κ2) is 5.49. The van der Waals surface area contributed by atoms with Gasteiger partial charge in [0.05, 0.1) is 18.0 Å². The van der Waals surface area contributed by atoms with Gasteiger partial charge in [-0.1, -0.05) is 6.92 Å². The number of nitrogens with one attached hydrogen (secondary N) is 1. The standard InChI is InChI=1S/C12H18N4OS/c1-4-8(6-17-3)14-10-9-5-7(2)18-11(9)16-12(13)15-10/h5,8H,4,6H2,1-3H3,(H3,13,14,15,16). The lowest BCUT2D eigenvalue weighted by Gasteiger charge is -2.17. The Morgan fingerprint density at radius 1 is 1.50 bits per heavy atom. The fourth-order valence-corrected chi connectivity index (χ4v) is 2.71. The summed E-state index contributed by atoms with van der Waals surface area (Å²) >= 11 is 1.63. The average molecular weight is 266 g/mol. The van der Waals surface area contributed by atoms with Crippen molar-refractivity contribution < 1.29 is 4.74 Å². The zero-order valence-electron chi connectivity index (χ0n) is 10.9. The number of nitrogen functional groups attached to an aromatic ring is 1. The van der Waals surface area contributed by atoms with Crippen LogP contribution in [0.2, 0.25) is 0 Å². The van der Waals surface area contributed by atoms with E-state index in [1.54, 1.807) is 18.4 Å². The fraction of sp³-hybridized carbons (Fsp3) is 0.500. The van der Waals surface area contributed by atoms with Gasteiger partial charge < -0.3 is 15.8 Å². The predicted octanol–water partition coefficient (Wildman–Crippen LogP) is 2.42. The maximum absolute atomic E-state index is 5.74. The molecule has 0 aliphatic heterocycles. The molecule has 0 bridgehead atoms. The van der Waals surface area contributed by atoms with Gasteiger partial charge in [-0.25, -0.2) is 4.98 Å². The van der Waals surface area contributed by atoms with E-state index >= 15 is 0 Å². The lowest BCUT2D eigenvalue weighted by atomic mass is 10.2. The highest BCUT2D eigenvalue weighted by atomic mass is 32.1. The highest BCUT2D eigenvalue weighted by Gasteiger charge is 2.12. The summed E-state index contributed by atoms with van der Waals surface area (Å²) in [6.45, 7) is 4.81. The lowest BCUT2D eigenvalue weighted by Crippen LogP contribution is -2.24. The second-order valence-electron chi connectivity index (χ2n) is 4.21. The minimum Gasteiger partial charge on any atom is -0.383 e. The number of rotatable bonds is 5. The van der Waals surface area contributed by atoms with Crippen molar-refractivity contribution in [2.45, 2.75) is 26.3 Å². The molecule has 0 spiro atoms. The largest absolute Gasteiger partial charge is 0.383 e. The molecular weight excluding hydrogens is 248 g/mol. The van der Waals surface area contributed by atoms with Gasteiger partial charge in [0.2, 0.25) is 5.95 Å². The third-order valence-electron chi connectivity index (χ3n) is 2.73. The van der Waals surface area contributed by atoms with Crippen LogP contribution in [0.1, 0.15) is 18.2 Å². The first-order valence-corrected chi connectivity index (χ1v) is 6.74. The molecule has 0 saturated carbocycles. The van der Waals surface area contributed by atoms with Gasteiger partial charge >= 0.3 is 0 Å². The molecule has 0 aliphatic rings. The number of hydrogen-bond acceptors (Lipinski definition) is 6. The van der Waals surface area contributed by atoms with Crippen LogP contribution in [0.25, 0.3) is 10.2 Å². The summed E-state index contributed by atoms with van der Waals surface area (Å²) in [6.07, 6.45) is 0.961. The van der Waals surface area contributed by atoms with Crippen molar-refractivity contribution in [1.29, 1.82) is 0 Å². The third kappa shape index (κ3) is 2.70. The SMILES string of the molecule is CCC(COC)Nc1nc(N)nc2sc(C)cc12.